The van der Waals surface area contributed by atoms with Gasteiger partial charge in [0.15, 0.2) is 0 Å². The number of amides is 2. The fourth-order valence-electron chi connectivity index (χ4n) is 3.01. The van der Waals surface area contributed by atoms with Gasteiger partial charge in [0.1, 0.15) is 5.76 Å². The molecule has 1 aromatic heterocycles. The fourth-order valence-corrected chi connectivity index (χ4v) is 3.01. The number of aromatic nitrogens is 1. The quantitative estimate of drug-likeness (QED) is 0.842. The van der Waals surface area contributed by atoms with Crippen molar-refractivity contribution < 1.29 is 14.1 Å². The first kappa shape index (κ1) is 17.5. The van der Waals surface area contributed by atoms with Gasteiger partial charge < -0.3 is 14.7 Å². The highest BCUT2D eigenvalue weighted by molar-refractivity contribution is 5.89. The molecule has 0 radical (unpaired) electrons. The van der Waals surface area contributed by atoms with Gasteiger partial charge in [0.2, 0.25) is 11.8 Å². The van der Waals surface area contributed by atoms with Crippen LogP contribution in [0.1, 0.15) is 50.6 Å². The van der Waals surface area contributed by atoms with E-state index in [4.69, 9.17) is 4.52 Å². The summed E-state index contributed by atoms with van der Waals surface area (Å²) >= 11 is 0. The van der Waals surface area contributed by atoms with Crippen LogP contribution in [0.15, 0.2) is 4.52 Å². The van der Waals surface area contributed by atoms with E-state index < -0.39 is 0 Å². The number of hydrogen-bond donors (Lipinski definition) is 1. The highest BCUT2D eigenvalue weighted by atomic mass is 16.5. The second-order valence-corrected chi connectivity index (χ2v) is 7.27. The predicted molar refractivity (Wildman–Crippen MR) is 86.9 cm³/mol. The van der Waals surface area contributed by atoms with Crippen LogP contribution in [-0.2, 0) is 16.0 Å². The number of likely N-dealkylation sites (tertiary alicyclic amines) is 1. The third-order valence-corrected chi connectivity index (χ3v) is 4.39. The average molecular weight is 321 g/mol. The van der Waals surface area contributed by atoms with Gasteiger partial charge in [-0.15, -0.1) is 0 Å². The minimum Gasteiger partial charge on any atom is -0.361 e. The molecule has 23 heavy (non-hydrogen) atoms. The lowest BCUT2D eigenvalue weighted by atomic mass is 10.1. The second-order valence-electron chi connectivity index (χ2n) is 7.27. The van der Waals surface area contributed by atoms with E-state index in [1.807, 2.05) is 34.6 Å². The minimum absolute atomic E-state index is 0.0242. The van der Waals surface area contributed by atoms with Crippen molar-refractivity contribution in [3.8, 4) is 0 Å². The molecule has 1 aromatic rings. The molecule has 1 N–H and O–H groups in total. The molecule has 2 amide bonds. The minimum atomic E-state index is -0.235. The molecule has 1 atom stereocenters. The Morgan fingerprint density at radius 1 is 1.39 bits per heavy atom. The molecule has 6 heteroatoms. The molecule has 6 nitrogen and oxygen atoms in total. The Kier molecular flexibility index (Phi) is 5.12. The number of nitrogens with one attached hydrogen (secondary N) is 1. The fraction of sp³-hybridized carbons (Fsp3) is 0.706. The van der Waals surface area contributed by atoms with Crippen LogP contribution in [0.4, 0.5) is 0 Å². The molecule has 0 bridgehead atoms. The zero-order chi connectivity index (χ0) is 17.2. The maximum Gasteiger partial charge on any atom is 0.225 e. The Bertz CT molecular complexity index is 567. The summed E-state index contributed by atoms with van der Waals surface area (Å²) in [5.41, 5.74) is 1.81. The largest absolute Gasteiger partial charge is 0.361 e. The smallest absolute Gasteiger partial charge is 0.225 e. The van der Waals surface area contributed by atoms with Crippen molar-refractivity contribution in [2.24, 2.45) is 5.92 Å². The highest BCUT2D eigenvalue weighted by Crippen LogP contribution is 2.25. The van der Waals surface area contributed by atoms with E-state index in [0.717, 1.165) is 29.9 Å². The molecule has 0 saturated carbocycles. The first-order chi connectivity index (χ1) is 10.7. The van der Waals surface area contributed by atoms with E-state index in [1.165, 1.54) is 0 Å². The summed E-state index contributed by atoms with van der Waals surface area (Å²) in [6, 6.07) is 0. The Morgan fingerprint density at radius 2 is 2.09 bits per heavy atom. The summed E-state index contributed by atoms with van der Waals surface area (Å²) < 4.78 is 5.13. The Hall–Kier alpha value is -1.85. The summed E-state index contributed by atoms with van der Waals surface area (Å²) in [6.45, 7) is 10.9. The molecule has 0 aromatic carbocycles. The van der Waals surface area contributed by atoms with E-state index >= 15 is 0 Å². The lowest BCUT2D eigenvalue weighted by Crippen LogP contribution is -2.43. The molecule has 128 valence electrons. The lowest BCUT2D eigenvalue weighted by Gasteiger charge is -2.31. The van der Waals surface area contributed by atoms with E-state index in [2.05, 4.69) is 10.5 Å². The topological polar surface area (TPSA) is 75.4 Å². The maximum atomic E-state index is 12.2. The van der Waals surface area contributed by atoms with Crippen molar-refractivity contribution in [3.63, 3.8) is 0 Å². The molecule has 0 aliphatic carbocycles. The summed E-state index contributed by atoms with van der Waals surface area (Å²) in [5.74, 6) is 0.647. The van der Waals surface area contributed by atoms with Crippen LogP contribution in [-0.4, -0.2) is 40.5 Å². The van der Waals surface area contributed by atoms with Gasteiger partial charge in [-0.1, -0.05) is 5.16 Å². The average Bonchev–Trinajstić information content (AvgIpc) is 2.99. The maximum absolute atomic E-state index is 12.2. The second kappa shape index (κ2) is 6.72. The highest BCUT2D eigenvalue weighted by Gasteiger charge is 2.39. The first-order valence-electron chi connectivity index (χ1n) is 8.20. The van der Waals surface area contributed by atoms with Crippen molar-refractivity contribution in [2.75, 3.05) is 13.1 Å². The molecule has 1 saturated heterocycles. The third-order valence-electron chi connectivity index (χ3n) is 4.39. The molecule has 0 unspecified atom stereocenters. The number of hydrogen-bond acceptors (Lipinski definition) is 4. The first-order valence-corrected chi connectivity index (χ1v) is 8.20. The monoisotopic (exact) mass is 321 g/mol. The number of carbonyl (C=O) groups is 2. The van der Waals surface area contributed by atoms with E-state index in [9.17, 15) is 9.59 Å². The normalized spacial score (nSPS) is 18.6. The van der Waals surface area contributed by atoms with Crippen LogP contribution in [0.3, 0.4) is 0 Å². The number of aryl methyl sites for hydroxylation is 2. The molecule has 0 spiro atoms. The van der Waals surface area contributed by atoms with Gasteiger partial charge >= 0.3 is 0 Å². The zero-order valence-corrected chi connectivity index (χ0v) is 14.7. The number of nitrogens with zero attached hydrogens (tertiary/aromatic N) is 2. The summed E-state index contributed by atoms with van der Waals surface area (Å²) in [4.78, 5) is 26.1. The van der Waals surface area contributed by atoms with Crippen molar-refractivity contribution in [2.45, 2.75) is 59.4 Å². The van der Waals surface area contributed by atoms with Crippen LogP contribution in [0.25, 0.3) is 0 Å². The molecule has 2 rings (SSSR count). The van der Waals surface area contributed by atoms with Crippen LogP contribution >= 0.6 is 0 Å². The Labute approximate surface area is 137 Å². The number of rotatable bonds is 5. The zero-order valence-electron chi connectivity index (χ0n) is 14.7. The van der Waals surface area contributed by atoms with Crippen molar-refractivity contribution in [1.29, 1.82) is 0 Å². The molecule has 1 aliphatic rings. The predicted octanol–water partition coefficient (Wildman–Crippen LogP) is 1.99. The van der Waals surface area contributed by atoms with Crippen LogP contribution in [0, 0.1) is 19.8 Å². The SMILES string of the molecule is Cc1noc(C)c1CCCNC(=O)[C@@H]1CC(=O)N(C(C)(C)C)C1. The molecular weight excluding hydrogens is 294 g/mol. The van der Waals surface area contributed by atoms with Crippen LogP contribution in [0.2, 0.25) is 0 Å². The number of carbonyl (C=O) groups excluding carboxylic acids is 2. The van der Waals surface area contributed by atoms with Crippen molar-refractivity contribution in [3.05, 3.63) is 17.0 Å². The van der Waals surface area contributed by atoms with E-state index in [1.54, 1.807) is 4.90 Å². The Balaban J connectivity index is 1.77. The van der Waals surface area contributed by atoms with Gasteiger partial charge in [0, 0.05) is 30.6 Å². The third kappa shape index (κ3) is 4.12. The lowest BCUT2D eigenvalue weighted by molar-refractivity contribution is -0.132. The van der Waals surface area contributed by atoms with Crippen LogP contribution < -0.4 is 5.32 Å². The van der Waals surface area contributed by atoms with Gasteiger partial charge in [-0.05, 0) is 47.5 Å². The van der Waals surface area contributed by atoms with E-state index in [0.29, 0.717) is 19.5 Å². The van der Waals surface area contributed by atoms with Gasteiger partial charge in [-0.3, -0.25) is 9.59 Å². The summed E-state index contributed by atoms with van der Waals surface area (Å²) in [5, 5.41) is 6.88. The standard InChI is InChI=1S/C17H27N3O3/c1-11-14(12(2)23-19-11)7-6-8-18-16(22)13-9-15(21)20(10-13)17(3,4)5/h13H,6-10H2,1-5H3,(H,18,22)/t13-/m1/s1. The molecule has 1 fully saturated rings. The van der Waals surface area contributed by atoms with Crippen LogP contribution in [0.5, 0.6) is 0 Å². The summed E-state index contributed by atoms with van der Waals surface area (Å²) in [6.07, 6.45) is 1.98. The van der Waals surface area contributed by atoms with Crippen molar-refractivity contribution >= 4 is 11.8 Å². The molecule has 1 aliphatic heterocycles. The van der Waals surface area contributed by atoms with Gasteiger partial charge in [-0.2, -0.15) is 0 Å². The van der Waals surface area contributed by atoms with Gasteiger partial charge in [0.25, 0.3) is 0 Å². The summed E-state index contributed by atoms with van der Waals surface area (Å²) in [7, 11) is 0. The van der Waals surface area contributed by atoms with Gasteiger partial charge in [0.05, 0.1) is 11.6 Å². The van der Waals surface area contributed by atoms with Gasteiger partial charge in [-0.25, -0.2) is 0 Å². The molecule has 2 heterocycles. The van der Waals surface area contributed by atoms with E-state index in [-0.39, 0.29) is 23.3 Å². The van der Waals surface area contributed by atoms with Crippen molar-refractivity contribution in [1.82, 2.24) is 15.4 Å². The Morgan fingerprint density at radius 3 is 2.61 bits per heavy atom. The molecular formula is C17H27N3O3.